The summed E-state index contributed by atoms with van der Waals surface area (Å²) < 4.78 is 0.958. The Morgan fingerprint density at radius 1 is 1.00 bits per heavy atom. The fraction of sp³-hybridized carbons (Fsp3) is 0.250. The largest absolute Gasteiger partial charge is 0.378 e. The molecule has 1 aliphatic heterocycles. The van der Waals surface area contributed by atoms with Crippen LogP contribution < -0.4 is 5.32 Å². The van der Waals surface area contributed by atoms with Gasteiger partial charge in [0, 0.05) is 39.5 Å². The van der Waals surface area contributed by atoms with Gasteiger partial charge in [-0.2, -0.15) is 0 Å². The summed E-state index contributed by atoms with van der Waals surface area (Å²) >= 11 is 12.1. The first-order valence-corrected chi connectivity index (χ1v) is 12.8. The van der Waals surface area contributed by atoms with Crippen LogP contribution in [0.4, 0.5) is 17.1 Å². The van der Waals surface area contributed by atoms with Crippen molar-refractivity contribution in [1.29, 1.82) is 0 Å². The van der Waals surface area contributed by atoms with Crippen molar-refractivity contribution in [1.82, 2.24) is 0 Å². The molecule has 0 saturated heterocycles. The molecule has 0 spiro atoms. The van der Waals surface area contributed by atoms with Gasteiger partial charge in [-0.3, -0.25) is 20.2 Å². The molecule has 5 rings (SSSR count). The molecule has 3 aromatic carbocycles. The van der Waals surface area contributed by atoms with E-state index in [0.29, 0.717) is 4.90 Å². The van der Waals surface area contributed by atoms with Gasteiger partial charge in [0.2, 0.25) is 0 Å². The van der Waals surface area contributed by atoms with E-state index >= 15 is 0 Å². The summed E-state index contributed by atoms with van der Waals surface area (Å²) in [6, 6.07) is 19.4. The molecule has 0 bridgehead atoms. The zero-order valence-electron chi connectivity index (χ0n) is 17.6. The number of non-ortho nitro benzene ring substituents is 1. The summed E-state index contributed by atoms with van der Waals surface area (Å²) in [5.41, 5.74) is 3.18. The predicted octanol–water partition coefficient (Wildman–Crippen LogP) is 7.30. The Kier molecular flexibility index (Phi) is 6.26. The van der Waals surface area contributed by atoms with Gasteiger partial charge < -0.3 is 5.32 Å². The Bertz CT molecular complexity index is 1280. The molecule has 1 fully saturated rings. The molecule has 0 radical (unpaired) electrons. The molecule has 174 valence electrons. The number of para-hydroxylation sites is 1. The molecule has 2 aliphatic rings. The van der Waals surface area contributed by atoms with Crippen molar-refractivity contribution in [3.8, 4) is 0 Å². The molecule has 1 saturated carbocycles. The van der Waals surface area contributed by atoms with Crippen LogP contribution >= 0.6 is 39.3 Å². The highest BCUT2D eigenvalue weighted by molar-refractivity contribution is 9.10. The summed E-state index contributed by atoms with van der Waals surface area (Å²) in [7, 11) is 0. The first-order valence-electron chi connectivity index (χ1n) is 10.7. The molecule has 1 aliphatic carbocycles. The summed E-state index contributed by atoms with van der Waals surface area (Å²) in [6.45, 7) is 0. The average Bonchev–Trinajstić information content (AvgIpc) is 3.15. The van der Waals surface area contributed by atoms with Gasteiger partial charge in [0.1, 0.15) is 0 Å². The Balaban J connectivity index is 1.52. The lowest BCUT2D eigenvalue weighted by molar-refractivity contribution is -0.387. The number of nitro groups is 2. The lowest BCUT2D eigenvalue weighted by atomic mass is 9.77. The highest BCUT2D eigenvalue weighted by Crippen LogP contribution is 2.58. The number of nitrogens with zero attached hydrogens (tertiary/aromatic N) is 2. The number of hydrogen-bond donors (Lipinski definition) is 1. The van der Waals surface area contributed by atoms with E-state index < -0.39 is 4.92 Å². The van der Waals surface area contributed by atoms with E-state index in [-0.39, 0.29) is 44.8 Å². The molecule has 34 heavy (non-hydrogen) atoms. The van der Waals surface area contributed by atoms with E-state index in [1.807, 2.05) is 12.1 Å². The number of benzene rings is 3. The lowest BCUT2D eigenvalue weighted by Crippen LogP contribution is -2.31. The molecule has 5 atom stereocenters. The molecule has 1 N–H and O–H groups in total. The average molecular weight is 561 g/mol. The van der Waals surface area contributed by atoms with Crippen LogP contribution in [-0.4, -0.2) is 20.5 Å². The van der Waals surface area contributed by atoms with Crippen LogP contribution in [0.5, 0.6) is 0 Å². The first kappa shape index (κ1) is 23.1. The smallest absolute Gasteiger partial charge is 0.282 e. The Morgan fingerprint density at radius 3 is 2.44 bits per heavy atom. The first-order chi connectivity index (χ1) is 16.3. The third-order valence-electron chi connectivity index (χ3n) is 6.58. The summed E-state index contributed by atoms with van der Waals surface area (Å²) in [4.78, 5) is 22.5. The molecular weight excluding hydrogens is 542 g/mol. The number of thioether (sulfide) groups is 1. The van der Waals surface area contributed by atoms with E-state index in [0.717, 1.165) is 27.7 Å². The van der Waals surface area contributed by atoms with Gasteiger partial charge in [-0.25, -0.2) is 0 Å². The van der Waals surface area contributed by atoms with Crippen LogP contribution in [0.3, 0.4) is 0 Å². The number of hydrogen-bond acceptors (Lipinski definition) is 6. The van der Waals surface area contributed by atoms with Crippen LogP contribution in [0.1, 0.15) is 29.5 Å². The number of rotatable bonds is 5. The van der Waals surface area contributed by atoms with Crippen molar-refractivity contribution >= 4 is 56.4 Å². The minimum atomic E-state index is -0.405. The van der Waals surface area contributed by atoms with Gasteiger partial charge in [0.05, 0.1) is 26.2 Å². The Morgan fingerprint density at radius 2 is 1.74 bits per heavy atom. The summed E-state index contributed by atoms with van der Waals surface area (Å²) in [5.74, 6) is 0.141. The van der Waals surface area contributed by atoms with Gasteiger partial charge in [0.25, 0.3) is 11.4 Å². The molecule has 1 heterocycles. The number of halogens is 2. The maximum Gasteiger partial charge on any atom is 0.282 e. The van der Waals surface area contributed by atoms with Gasteiger partial charge in [-0.1, -0.05) is 40.2 Å². The second-order valence-corrected chi connectivity index (χ2v) is 11.2. The van der Waals surface area contributed by atoms with Crippen molar-refractivity contribution in [3.05, 3.63) is 103 Å². The maximum atomic E-state index is 11.5. The van der Waals surface area contributed by atoms with Crippen LogP contribution in [0, 0.1) is 26.1 Å². The zero-order valence-corrected chi connectivity index (χ0v) is 20.8. The van der Waals surface area contributed by atoms with E-state index in [9.17, 15) is 20.2 Å². The Hall–Kier alpha value is -2.62. The van der Waals surface area contributed by atoms with Crippen LogP contribution in [0.15, 0.2) is 76.1 Å². The molecule has 3 aromatic rings. The second kappa shape index (κ2) is 9.20. The van der Waals surface area contributed by atoms with Crippen molar-refractivity contribution < 1.29 is 9.85 Å². The second-order valence-electron chi connectivity index (χ2n) is 8.45. The van der Waals surface area contributed by atoms with Crippen molar-refractivity contribution in [2.24, 2.45) is 5.92 Å². The lowest BCUT2D eigenvalue weighted by Gasteiger charge is -2.38. The topological polar surface area (TPSA) is 98.3 Å². The molecule has 10 heteroatoms. The highest BCUT2D eigenvalue weighted by Gasteiger charge is 2.50. The van der Waals surface area contributed by atoms with Crippen LogP contribution in [-0.2, 0) is 0 Å². The van der Waals surface area contributed by atoms with E-state index in [1.165, 1.54) is 30.0 Å². The van der Waals surface area contributed by atoms with Crippen molar-refractivity contribution in [2.75, 3.05) is 5.32 Å². The van der Waals surface area contributed by atoms with E-state index in [1.54, 1.807) is 30.3 Å². The van der Waals surface area contributed by atoms with Crippen molar-refractivity contribution in [2.45, 2.75) is 33.9 Å². The number of anilines is 1. The van der Waals surface area contributed by atoms with Gasteiger partial charge in [0.15, 0.2) is 0 Å². The standard InChI is InChI=1S/C24H19BrClN3O4S/c25-14-7-10-18-16(11-14)22-17(24(27-18)13-5-8-15(9-6-13)28(30)31)12-21(23(22)26)34-20-4-2-1-3-19(20)29(32)33/h1-11,17,21-24,27H,12H2/t17-,21+,22-,23+,24-/m0/s1. The fourth-order valence-corrected chi connectivity index (χ4v) is 7.41. The number of fused-ring (bicyclic) bond motifs is 3. The van der Waals surface area contributed by atoms with Gasteiger partial charge in [-0.15, -0.1) is 23.4 Å². The maximum absolute atomic E-state index is 11.5. The molecule has 0 aromatic heterocycles. The number of nitro benzene ring substituents is 2. The SMILES string of the molecule is O=[N+]([O-])c1ccc([C@@H]2Nc3ccc(Br)cc3[C@@H]3[C@H](Cl)[C@H](Sc4ccccc4[N+](=O)[O-])C[C@@H]32)cc1. The third kappa shape index (κ3) is 4.16. The normalized spacial score (nSPS) is 25.2. The molecule has 0 unspecified atom stereocenters. The van der Waals surface area contributed by atoms with Crippen molar-refractivity contribution in [3.63, 3.8) is 0 Å². The quantitative estimate of drug-likeness (QED) is 0.200. The molecule has 0 amide bonds. The Labute approximate surface area is 213 Å². The monoisotopic (exact) mass is 559 g/mol. The minimum Gasteiger partial charge on any atom is -0.378 e. The predicted molar refractivity (Wildman–Crippen MR) is 137 cm³/mol. The van der Waals surface area contributed by atoms with Gasteiger partial charge >= 0.3 is 0 Å². The van der Waals surface area contributed by atoms with Crippen LogP contribution in [0.2, 0.25) is 0 Å². The minimum absolute atomic E-state index is 0.0240. The highest BCUT2D eigenvalue weighted by atomic mass is 79.9. The third-order valence-corrected chi connectivity index (χ3v) is 9.19. The summed E-state index contributed by atoms with van der Waals surface area (Å²) in [5, 5.41) is 26.0. The van der Waals surface area contributed by atoms with E-state index in [2.05, 4.69) is 27.3 Å². The molecular formula is C24H19BrClN3O4S. The zero-order chi connectivity index (χ0) is 24.0. The van der Waals surface area contributed by atoms with Crippen LogP contribution in [0.25, 0.3) is 0 Å². The summed E-state index contributed by atoms with van der Waals surface area (Å²) in [6.07, 6.45) is 0.746. The molecule has 7 nitrogen and oxygen atoms in total. The fourth-order valence-electron chi connectivity index (χ4n) is 5.09. The van der Waals surface area contributed by atoms with Gasteiger partial charge in [-0.05, 0) is 47.7 Å². The number of nitrogens with one attached hydrogen (secondary N) is 1. The number of alkyl halides is 1. The van der Waals surface area contributed by atoms with E-state index in [4.69, 9.17) is 11.6 Å².